The van der Waals surface area contributed by atoms with Gasteiger partial charge in [0.15, 0.2) is 20.8 Å². The number of hydrogen-bond donors (Lipinski definition) is 0. The summed E-state index contributed by atoms with van der Waals surface area (Å²) in [6.45, 7) is 0. The second-order valence-corrected chi connectivity index (χ2v) is 8.87. The van der Waals surface area contributed by atoms with Crippen LogP contribution in [-0.2, 0) is 9.84 Å². The van der Waals surface area contributed by atoms with E-state index in [1.807, 2.05) is 12.1 Å². The molecule has 0 aliphatic heterocycles. The Morgan fingerprint density at radius 1 is 1.19 bits per heavy atom. The molecule has 0 radical (unpaired) electrons. The molecule has 1 heterocycles. The van der Waals surface area contributed by atoms with Crippen LogP contribution in [0.25, 0.3) is 5.69 Å². The predicted molar refractivity (Wildman–Crippen MR) is 101 cm³/mol. The Morgan fingerprint density at radius 3 is 2.58 bits per heavy atom. The first-order chi connectivity index (χ1) is 12.3. The number of carbonyl (C=O) groups is 1. The third kappa shape index (κ3) is 4.32. The van der Waals surface area contributed by atoms with Gasteiger partial charge in [0.1, 0.15) is 6.33 Å². The molecule has 3 rings (SSSR count). The highest BCUT2D eigenvalue weighted by molar-refractivity contribution is 7.99. The molecule has 134 valence electrons. The minimum Gasteiger partial charge on any atom is -0.293 e. The van der Waals surface area contributed by atoms with E-state index in [1.54, 1.807) is 23.0 Å². The van der Waals surface area contributed by atoms with E-state index >= 15 is 0 Å². The number of Topliss-reactive ketones (excluding diaryl/α,β-unsaturated/α-hetero) is 1. The molecular formula is C17H14ClN3O3S2. The van der Waals surface area contributed by atoms with Crippen molar-refractivity contribution in [2.45, 2.75) is 10.1 Å². The summed E-state index contributed by atoms with van der Waals surface area (Å²) in [6.07, 6.45) is 2.68. The molecule has 1 aromatic heterocycles. The number of ketones is 1. The molecule has 0 atom stereocenters. The second kappa shape index (κ2) is 7.61. The average molecular weight is 408 g/mol. The molecule has 0 aliphatic carbocycles. The molecule has 2 aromatic carbocycles. The normalized spacial score (nSPS) is 11.5. The van der Waals surface area contributed by atoms with Crippen LogP contribution in [0.1, 0.15) is 10.4 Å². The molecule has 0 unspecified atom stereocenters. The Kier molecular flexibility index (Phi) is 5.45. The van der Waals surface area contributed by atoms with Gasteiger partial charge >= 0.3 is 0 Å². The van der Waals surface area contributed by atoms with Crippen molar-refractivity contribution >= 4 is 39.0 Å². The summed E-state index contributed by atoms with van der Waals surface area (Å²) in [7, 11) is -3.28. The third-order valence-electron chi connectivity index (χ3n) is 3.54. The van der Waals surface area contributed by atoms with E-state index in [2.05, 4.69) is 10.2 Å². The number of sulfone groups is 1. The van der Waals surface area contributed by atoms with Crippen molar-refractivity contribution in [1.29, 1.82) is 0 Å². The molecule has 0 aliphatic rings. The molecule has 0 fully saturated rings. The van der Waals surface area contributed by atoms with Crippen LogP contribution in [0.15, 0.2) is 64.9 Å². The topological polar surface area (TPSA) is 81.9 Å². The number of rotatable bonds is 6. The lowest BCUT2D eigenvalue weighted by molar-refractivity contribution is 0.102. The fraction of sp³-hybridized carbons (Fsp3) is 0.118. The van der Waals surface area contributed by atoms with Crippen LogP contribution in [0.3, 0.4) is 0 Å². The van der Waals surface area contributed by atoms with Crippen LogP contribution in [-0.4, -0.2) is 41.0 Å². The number of aromatic nitrogens is 3. The van der Waals surface area contributed by atoms with Gasteiger partial charge in [0.2, 0.25) is 0 Å². The van der Waals surface area contributed by atoms with Crippen molar-refractivity contribution in [3.05, 3.63) is 65.4 Å². The van der Waals surface area contributed by atoms with E-state index in [-0.39, 0.29) is 16.4 Å². The van der Waals surface area contributed by atoms with Crippen molar-refractivity contribution in [3.63, 3.8) is 0 Å². The highest BCUT2D eigenvalue weighted by Gasteiger charge is 2.13. The third-order valence-corrected chi connectivity index (χ3v) is 5.85. The minimum absolute atomic E-state index is 0.129. The van der Waals surface area contributed by atoms with E-state index in [4.69, 9.17) is 11.6 Å². The molecule has 3 aromatic rings. The Hall–Kier alpha value is -2.16. The predicted octanol–water partition coefficient (Wildman–Crippen LogP) is 3.30. The van der Waals surface area contributed by atoms with Gasteiger partial charge in [-0.2, -0.15) is 0 Å². The Balaban J connectivity index is 1.72. The summed E-state index contributed by atoms with van der Waals surface area (Å²) in [5, 5.41) is 9.08. The van der Waals surface area contributed by atoms with Gasteiger partial charge < -0.3 is 0 Å². The Bertz CT molecular complexity index is 1050. The summed E-state index contributed by atoms with van der Waals surface area (Å²) < 4.78 is 24.7. The maximum absolute atomic E-state index is 12.4. The van der Waals surface area contributed by atoms with Gasteiger partial charge in [0.25, 0.3) is 0 Å². The van der Waals surface area contributed by atoms with E-state index in [0.29, 0.717) is 15.7 Å². The number of hydrogen-bond acceptors (Lipinski definition) is 6. The molecule has 26 heavy (non-hydrogen) atoms. The number of carbonyl (C=O) groups excluding carboxylic acids is 1. The van der Waals surface area contributed by atoms with Crippen LogP contribution in [0, 0.1) is 0 Å². The number of nitrogens with zero attached hydrogens (tertiary/aromatic N) is 3. The second-order valence-electron chi connectivity index (χ2n) is 5.47. The molecule has 6 nitrogen and oxygen atoms in total. The van der Waals surface area contributed by atoms with Gasteiger partial charge in [-0.3, -0.25) is 9.36 Å². The number of halogens is 1. The first-order valence-electron chi connectivity index (χ1n) is 7.47. The fourth-order valence-corrected chi connectivity index (χ4v) is 3.87. The summed E-state index contributed by atoms with van der Waals surface area (Å²) in [5.74, 6) is 0.0213. The lowest BCUT2D eigenvalue weighted by Crippen LogP contribution is -2.05. The van der Waals surface area contributed by atoms with E-state index in [1.165, 1.54) is 36.0 Å². The standard InChI is InChI=1S/C17H14ClN3O3S2/c1-26(23,24)15-7-5-12(6-8-15)16(22)10-25-17-20-19-11-21(17)14-4-2-3-13(18)9-14/h2-9,11H,10H2,1H3. The van der Waals surface area contributed by atoms with Crippen molar-refractivity contribution in [2.24, 2.45) is 0 Å². The van der Waals surface area contributed by atoms with Gasteiger partial charge in [-0.05, 0) is 30.3 Å². The zero-order chi connectivity index (χ0) is 18.7. The van der Waals surface area contributed by atoms with Crippen LogP contribution < -0.4 is 0 Å². The van der Waals surface area contributed by atoms with Crippen LogP contribution in [0.2, 0.25) is 5.02 Å². The minimum atomic E-state index is -3.28. The molecule has 0 amide bonds. The SMILES string of the molecule is CS(=O)(=O)c1ccc(C(=O)CSc2nncn2-c2cccc(Cl)c2)cc1. The van der Waals surface area contributed by atoms with Gasteiger partial charge in [0, 0.05) is 16.8 Å². The van der Waals surface area contributed by atoms with Crippen molar-refractivity contribution in [1.82, 2.24) is 14.8 Å². The molecule has 0 N–H and O–H groups in total. The van der Waals surface area contributed by atoms with E-state index < -0.39 is 9.84 Å². The molecular weight excluding hydrogens is 394 g/mol. The van der Waals surface area contributed by atoms with Crippen LogP contribution >= 0.6 is 23.4 Å². The molecule has 0 spiro atoms. The molecule has 9 heteroatoms. The van der Waals surface area contributed by atoms with Crippen molar-refractivity contribution in [2.75, 3.05) is 12.0 Å². The zero-order valence-electron chi connectivity index (χ0n) is 13.7. The zero-order valence-corrected chi connectivity index (χ0v) is 16.1. The Morgan fingerprint density at radius 2 is 1.92 bits per heavy atom. The lowest BCUT2D eigenvalue weighted by atomic mass is 10.1. The largest absolute Gasteiger partial charge is 0.293 e. The van der Waals surface area contributed by atoms with E-state index in [9.17, 15) is 13.2 Å². The van der Waals surface area contributed by atoms with Crippen molar-refractivity contribution < 1.29 is 13.2 Å². The Labute approximate surface area is 160 Å². The summed E-state index contributed by atoms with van der Waals surface area (Å²) in [4.78, 5) is 12.5. The maximum Gasteiger partial charge on any atom is 0.196 e. The molecule has 0 saturated carbocycles. The first-order valence-corrected chi connectivity index (χ1v) is 10.7. The first kappa shape index (κ1) is 18.6. The number of benzene rings is 2. The van der Waals surface area contributed by atoms with Crippen LogP contribution in [0.4, 0.5) is 0 Å². The van der Waals surface area contributed by atoms with Gasteiger partial charge in [-0.25, -0.2) is 8.42 Å². The maximum atomic E-state index is 12.4. The van der Waals surface area contributed by atoms with Gasteiger partial charge in [0.05, 0.1) is 16.3 Å². The van der Waals surface area contributed by atoms with E-state index in [0.717, 1.165) is 11.9 Å². The fourth-order valence-electron chi connectivity index (χ4n) is 2.23. The van der Waals surface area contributed by atoms with Gasteiger partial charge in [-0.1, -0.05) is 41.6 Å². The quantitative estimate of drug-likeness (QED) is 0.460. The average Bonchev–Trinajstić information content (AvgIpc) is 3.07. The smallest absolute Gasteiger partial charge is 0.196 e. The highest BCUT2D eigenvalue weighted by atomic mass is 35.5. The number of thioether (sulfide) groups is 1. The van der Waals surface area contributed by atoms with Crippen LogP contribution in [0.5, 0.6) is 0 Å². The molecule has 0 saturated heterocycles. The van der Waals surface area contributed by atoms with Crippen molar-refractivity contribution in [3.8, 4) is 5.69 Å². The monoisotopic (exact) mass is 407 g/mol. The summed E-state index contributed by atoms with van der Waals surface area (Å²) in [6, 6.07) is 13.1. The highest BCUT2D eigenvalue weighted by Crippen LogP contribution is 2.22. The lowest BCUT2D eigenvalue weighted by Gasteiger charge is -2.06. The van der Waals surface area contributed by atoms with Gasteiger partial charge in [-0.15, -0.1) is 10.2 Å². The summed E-state index contributed by atoms with van der Waals surface area (Å²) in [5.41, 5.74) is 1.24. The summed E-state index contributed by atoms with van der Waals surface area (Å²) >= 11 is 7.25. The molecule has 0 bridgehead atoms.